The lowest BCUT2D eigenvalue weighted by Gasteiger charge is -2.25. The lowest BCUT2D eigenvalue weighted by Crippen LogP contribution is -2.35. The summed E-state index contributed by atoms with van der Waals surface area (Å²) < 4.78 is 5.17. The summed E-state index contributed by atoms with van der Waals surface area (Å²) in [5.41, 5.74) is 2.55. The maximum absolute atomic E-state index is 12.3. The maximum atomic E-state index is 12.3. The first-order chi connectivity index (χ1) is 22.7. The average molecular weight is 644 g/mol. The number of hydrogen-bond acceptors (Lipinski definition) is 10. The van der Waals surface area contributed by atoms with E-state index in [1.54, 1.807) is 21.0 Å². The molecule has 47 heavy (non-hydrogen) atoms. The normalized spacial score (nSPS) is 10.8. The fraction of sp³-hybridized carbons (Fsp3) is 0.290. The number of anilines is 3. The number of ether oxygens (including phenoxy) is 1. The molecule has 0 spiro atoms. The number of methoxy groups -OCH3 is 1. The van der Waals surface area contributed by atoms with Crippen molar-refractivity contribution in [3.63, 3.8) is 0 Å². The first-order valence-electron chi connectivity index (χ1n) is 14.8. The van der Waals surface area contributed by atoms with E-state index in [0.29, 0.717) is 61.8 Å². The van der Waals surface area contributed by atoms with Gasteiger partial charge in [-0.3, -0.25) is 20.2 Å². The van der Waals surface area contributed by atoms with Crippen LogP contribution in [-0.2, 0) is 0 Å². The number of urea groups is 2. The fourth-order valence-electron chi connectivity index (χ4n) is 4.39. The molecule has 4 amide bonds. The Bertz CT molecular complexity index is 1710. The molecule has 2 heterocycles. The summed E-state index contributed by atoms with van der Waals surface area (Å²) in [4.78, 5) is 63.1. The van der Waals surface area contributed by atoms with Crippen LogP contribution in [0.4, 0.5) is 38.5 Å². The molecule has 0 unspecified atom stereocenters. The van der Waals surface area contributed by atoms with E-state index in [2.05, 4.69) is 56.3 Å². The highest BCUT2D eigenvalue weighted by molar-refractivity contribution is 5.87. The Morgan fingerprint density at radius 2 is 1.19 bits per heavy atom. The molecule has 0 aliphatic heterocycles. The molecule has 0 bridgehead atoms. The molecule has 2 aromatic carbocycles. The van der Waals surface area contributed by atoms with Crippen molar-refractivity contribution in [2.24, 2.45) is 10.2 Å². The highest BCUT2D eigenvalue weighted by Crippen LogP contribution is 2.24. The van der Waals surface area contributed by atoms with Gasteiger partial charge in [-0.15, -0.1) is 0 Å². The number of amides is 4. The van der Waals surface area contributed by atoms with E-state index in [0.717, 1.165) is 11.4 Å². The van der Waals surface area contributed by atoms with Crippen LogP contribution in [0.3, 0.4) is 0 Å². The molecule has 2 aromatic heterocycles. The standard InChI is InChI=1S/C31H37N11O5/c1-20-18-26(43)36-28(34-20)38-30(45)32-14-4-16-42(17-5-15-33-31(46)39-29-35-21(2)19-27(44)37-29)24-10-6-22(7-11-24)40-41-23-8-12-25(47-3)13-9-23/h6-13,18-19H,4-5,14-17H2,1-3H3,(H3,32,34,36,38,43,45)(H3,33,35,37,39,44,46)/b41-40+. The predicted molar refractivity (Wildman–Crippen MR) is 178 cm³/mol. The fourth-order valence-corrected chi connectivity index (χ4v) is 4.39. The van der Waals surface area contributed by atoms with Crippen LogP contribution in [0.1, 0.15) is 24.2 Å². The Hall–Kier alpha value is -6.06. The molecule has 0 saturated carbocycles. The Kier molecular flexibility index (Phi) is 12.1. The number of carbonyl (C=O) groups is 2. The van der Waals surface area contributed by atoms with E-state index in [-0.39, 0.29) is 11.9 Å². The molecule has 0 fully saturated rings. The van der Waals surface area contributed by atoms with Crippen LogP contribution in [0.2, 0.25) is 0 Å². The molecule has 16 nitrogen and oxygen atoms in total. The monoisotopic (exact) mass is 643 g/mol. The molecular formula is C31H37N11O5. The lowest BCUT2D eigenvalue weighted by atomic mass is 10.2. The van der Waals surface area contributed by atoms with E-state index < -0.39 is 23.2 Å². The van der Waals surface area contributed by atoms with Gasteiger partial charge in [-0.25, -0.2) is 9.59 Å². The zero-order chi connectivity index (χ0) is 33.6. The Morgan fingerprint density at radius 3 is 1.62 bits per heavy atom. The minimum absolute atomic E-state index is 0.0689. The molecule has 0 radical (unpaired) electrons. The Balaban J connectivity index is 1.32. The molecular weight excluding hydrogens is 606 g/mol. The number of benzene rings is 2. The van der Waals surface area contributed by atoms with E-state index in [9.17, 15) is 19.2 Å². The Labute approximate surface area is 270 Å². The molecule has 0 atom stereocenters. The second kappa shape index (κ2) is 16.9. The second-order valence-corrected chi connectivity index (χ2v) is 10.4. The summed E-state index contributed by atoms with van der Waals surface area (Å²) >= 11 is 0. The minimum atomic E-state index is -0.489. The molecule has 4 rings (SSSR count). The van der Waals surface area contributed by atoms with Crippen molar-refractivity contribution in [2.75, 3.05) is 48.8 Å². The van der Waals surface area contributed by atoms with Gasteiger partial charge in [0.1, 0.15) is 5.75 Å². The largest absolute Gasteiger partial charge is 0.497 e. The van der Waals surface area contributed by atoms with Crippen LogP contribution < -0.4 is 42.0 Å². The smallest absolute Gasteiger partial charge is 0.321 e. The molecule has 4 aromatic rings. The molecule has 246 valence electrons. The number of H-pyrrole nitrogens is 2. The number of hydrogen-bond donors (Lipinski definition) is 6. The van der Waals surface area contributed by atoms with E-state index in [4.69, 9.17) is 4.74 Å². The lowest BCUT2D eigenvalue weighted by molar-refractivity contribution is 0.251. The number of aryl methyl sites for hydroxylation is 2. The summed E-state index contributed by atoms with van der Waals surface area (Å²) in [6.45, 7) is 5.29. The van der Waals surface area contributed by atoms with Gasteiger partial charge in [-0.2, -0.15) is 20.2 Å². The van der Waals surface area contributed by atoms with Crippen LogP contribution >= 0.6 is 0 Å². The van der Waals surface area contributed by atoms with Gasteiger partial charge in [0.15, 0.2) is 0 Å². The summed E-state index contributed by atoms with van der Waals surface area (Å²) in [6.07, 6.45) is 1.20. The van der Waals surface area contributed by atoms with Crippen molar-refractivity contribution < 1.29 is 14.3 Å². The van der Waals surface area contributed by atoms with Crippen LogP contribution in [-0.4, -0.2) is 65.3 Å². The number of aromatic nitrogens is 4. The average Bonchev–Trinajstić information content (AvgIpc) is 3.02. The molecule has 0 saturated heterocycles. The van der Waals surface area contributed by atoms with Gasteiger partial charge in [0.05, 0.1) is 18.5 Å². The van der Waals surface area contributed by atoms with Crippen molar-refractivity contribution in [3.8, 4) is 5.75 Å². The number of rotatable bonds is 14. The van der Waals surface area contributed by atoms with Gasteiger partial charge < -0.3 is 30.2 Å². The number of nitrogens with zero attached hydrogens (tertiary/aromatic N) is 5. The summed E-state index contributed by atoms with van der Waals surface area (Å²) in [5.74, 6) is 0.873. The third-order valence-corrected chi connectivity index (χ3v) is 6.57. The molecule has 0 aliphatic carbocycles. The SMILES string of the molecule is COc1ccc(/N=N/c2ccc(N(CCCNC(=O)Nc3nc(=O)cc(C)[nH]3)CCCNC(=O)Nc3nc(=O)cc(C)[nH]3)cc2)cc1. The third kappa shape index (κ3) is 11.4. The second-order valence-electron chi connectivity index (χ2n) is 10.4. The third-order valence-electron chi connectivity index (χ3n) is 6.57. The molecule has 6 N–H and O–H groups in total. The maximum Gasteiger partial charge on any atom is 0.321 e. The van der Waals surface area contributed by atoms with Crippen molar-refractivity contribution in [2.45, 2.75) is 26.7 Å². The van der Waals surface area contributed by atoms with Gasteiger partial charge >= 0.3 is 12.1 Å². The van der Waals surface area contributed by atoms with Crippen molar-refractivity contribution >= 4 is 41.0 Å². The zero-order valence-electron chi connectivity index (χ0n) is 26.3. The number of carbonyl (C=O) groups excluding carboxylic acids is 2. The number of azo groups is 1. The zero-order valence-corrected chi connectivity index (χ0v) is 26.3. The van der Waals surface area contributed by atoms with Gasteiger partial charge in [-0.1, -0.05) is 0 Å². The van der Waals surface area contributed by atoms with E-state index in [1.165, 1.54) is 12.1 Å². The highest BCUT2D eigenvalue weighted by Gasteiger charge is 2.10. The Morgan fingerprint density at radius 1 is 0.745 bits per heavy atom. The summed E-state index contributed by atoms with van der Waals surface area (Å²) in [7, 11) is 1.60. The van der Waals surface area contributed by atoms with E-state index in [1.807, 2.05) is 48.5 Å². The van der Waals surface area contributed by atoms with Crippen LogP contribution in [0.25, 0.3) is 0 Å². The number of nitrogens with one attached hydrogen (secondary N) is 6. The van der Waals surface area contributed by atoms with Crippen LogP contribution in [0, 0.1) is 13.8 Å². The van der Waals surface area contributed by atoms with Gasteiger partial charge in [0.2, 0.25) is 11.9 Å². The predicted octanol–water partition coefficient (Wildman–Crippen LogP) is 4.12. The van der Waals surface area contributed by atoms with Crippen molar-refractivity contribution in [1.29, 1.82) is 0 Å². The van der Waals surface area contributed by atoms with Gasteiger partial charge in [0.25, 0.3) is 11.1 Å². The van der Waals surface area contributed by atoms with Crippen molar-refractivity contribution in [1.82, 2.24) is 30.6 Å². The first kappa shape index (κ1) is 33.8. The van der Waals surface area contributed by atoms with Gasteiger partial charge in [-0.05, 0) is 75.2 Å². The summed E-state index contributed by atoms with van der Waals surface area (Å²) in [6, 6.07) is 16.5. The highest BCUT2D eigenvalue weighted by atomic mass is 16.5. The molecule has 0 aliphatic rings. The minimum Gasteiger partial charge on any atom is -0.497 e. The van der Waals surface area contributed by atoms with Gasteiger partial charge in [0, 0.05) is 55.4 Å². The van der Waals surface area contributed by atoms with Crippen LogP contribution in [0.5, 0.6) is 5.75 Å². The molecule has 16 heteroatoms. The van der Waals surface area contributed by atoms with Crippen LogP contribution in [0.15, 0.2) is 80.5 Å². The number of aromatic amines is 2. The quantitative estimate of drug-likeness (QED) is 0.0867. The van der Waals surface area contributed by atoms with E-state index >= 15 is 0 Å². The summed E-state index contributed by atoms with van der Waals surface area (Å²) in [5, 5.41) is 19.2. The first-order valence-corrected chi connectivity index (χ1v) is 14.8. The van der Waals surface area contributed by atoms with Crippen molar-refractivity contribution in [3.05, 3.63) is 92.8 Å². The topological polar surface area (TPSA) is 211 Å².